The van der Waals surface area contributed by atoms with Gasteiger partial charge in [-0.1, -0.05) is 11.6 Å². The summed E-state index contributed by atoms with van der Waals surface area (Å²) in [6, 6.07) is 8.65. The molecule has 0 saturated carbocycles. The number of amides is 2. The van der Waals surface area contributed by atoms with Gasteiger partial charge >= 0.3 is 0 Å². The molecule has 156 valence electrons. The smallest absolute Gasteiger partial charge is 0.274 e. The summed E-state index contributed by atoms with van der Waals surface area (Å²) >= 11 is 8.40. The number of aryl methyl sites for hydroxylation is 2. The lowest BCUT2D eigenvalue weighted by Gasteiger charge is -2.16. The monoisotopic (exact) mass is 537 g/mol. The van der Waals surface area contributed by atoms with Crippen LogP contribution in [-0.4, -0.2) is 32.6 Å². The molecule has 2 amide bonds. The zero-order valence-corrected chi connectivity index (χ0v) is 19.9. The molecule has 0 radical (unpaired) electrons. The van der Waals surface area contributed by atoms with Gasteiger partial charge in [0.05, 0.1) is 22.0 Å². The maximum atomic E-state index is 13.2. The van der Waals surface area contributed by atoms with Gasteiger partial charge < -0.3 is 10.6 Å². The normalized spacial score (nSPS) is 10.9. The second kappa shape index (κ2) is 9.13. The van der Waals surface area contributed by atoms with Gasteiger partial charge in [-0.25, -0.2) is 9.67 Å². The van der Waals surface area contributed by atoms with Crippen molar-refractivity contribution in [1.82, 2.24) is 20.1 Å². The van der Waals surface area contributed by atoms with Crippen LogP contribution in [0.25, 0.3) is 5.82 Å². The van der Waals surface area contributed by atoms with E-state index in [4.69, 9.17) is 11.6 Å². The quantitative estimate of drug-likeness (QED) is 0.468. The minimum absolute atomic E-state index is 0.0328. The predicted octanol–water partition coefficient (Wildman–Crippen LogP) is 4.53. The minimum Gasteiger partial charge on any atom is -0.350 e. The van der Waals surface area contributed by atoms with Crippen molar-refractivity contribution in [3.05, 3.63) is 67.6 Å². The number of nitrogens with one attached hydrogen (secondary N) is 2. The molecule has 2 heterocycles. The summed E-state index contributed by atoms with van der Waals surface area (Å²) in [4.78, 5) is 30.2. The second-order valence-corrected chi connectivity index (χ2v) is 8.77. The SMILES string of the molecule is Cc1cc(C(=O)Nc2c(C)cc(I)cc2C(=O)NC(C)C)n(-c2ncccc2Cl)n1. The zero-order valence-electron chi connectivity index (χ0n) is 17.0. The van der Waals surface area contributed by atoms with E-state index in [2.05, 4.69) is 43.3 Å². The highest BCUT2D eigenvalue weighted by Gasteiger charge is 2.22. The van der Waals surface area contributed by atoms with Crippen molar-refractivity contribution in [2.75, 3.05) is 5.32 Å². The van der Waals surface area contributed by atoms with Crippen LogP contribution in [-0.2, 0) is 0 Å². The van der Waals surface area contributed by atoms with Gasteiger partial charge in [0, 0.05) is 15.8 Å². The first-order chi connectivity index (χ1) is 14.2. The molecule has 0 spiro atoms. The summed E-state index contributed by atoms with van der Waals surface area (Å²) in [5.41, 5.74) is 2.54. The van der Waals surface area contributed by atoms with E-state index in [0.29, 0.717) is 27.8 Å². The Morgan fingerprint density at radius 1 is 1.17 bits per heavy atom. The van der Waals surface area contributed by atoms with Gasteiger partial charge in [-0.3, -0.25) is 9.59 Å². The summed E-state index contributed by atoms with van der Waals surface area (Å²) in [5, 5.41) is 10.5. The molecule has 0 unspecified atom stereocenters. The van der Waals surface area contributed by atoms with E-state index >= 15 is 0 Å². The van der Waals surface area contributed by atoms with Crippen LogP contribution < -0.4 is 10.6 Å². The van der Waals surface area contributed by atoms with Crippen LogP contribution in [0.1, 0.15) is 46.0 Å². The number of hydrogen-bond acceptors (Lipinski definition) is 4. The molecular formula is C21H21ClIN5O2. The molecule has 3 rings (SSSR count). The van der Waals surface area contributed by atoms with E-state index < -0.39 is 5.91 Å². The van der Waals surface area contributed by atoms with E-state index in [-0.39, 0.29) is 17.6 Å². The zero-order chi connectivity index (χ0) is 22.0. The molecule has 9 heteroatoms. The first-order valence-corrected chi connectivity index (χ1v) is 10.7. The van der Waals surface area contributed by atoms with Crippen molar-refractivity contribution in [2.24, 2.45) is 0 Å². The Labute approximate surface area is 193 Å². The Morgan fingerprint density at radius 3 is 2.57 bits per heavy atom. The molecule has 2 N–H and O–H groups in total. The van der Waals surface area contributed by atoms with E-state index in [1.165, 1.54) is 4.68 Å². The van der Waals surface area contributed by atoms with Crippen LogP contribution in [0.2, 0.25) is 5.02 Å². The fraction of sp³-hybridized carbons (Fsp3) is 0.238. The van der Waals surface area contributed by atoms with Crippen molar-refractivity contribution in [3.8, 4) is 5.82 Å². The molecule has 7 nitrogen and oxygen atoms in total. The van der Waals surface area contributed by atoms with Gasteiger partial charge in [0.2, 0.25) is 0 Å². The standard InChI is InChI=1S/C21H21ClIN5O2/c1-11(2)25-20(29)15-10-14(23)8-12(3)18(15)26-21(30)17-9-13(4)27-28(17)19-16(22)6-5-7-24-19/h5-11H,1-4H3,(H,25,29)(H,26,30). The molecule has 0 atom stereocenters. The van der Waals surface area contributed by atoms with Crippen LogP contribution in [0.4, 0.5) is 5.69 Å². The summed E-state index contributed by atoms with van der Waals surface area (Å²) in [7, 11) is 0. The number of pyridine rings is 1. The van der Waals surface area contributed by atoms with Gasteiger partial charge in [-0.05, 0) is 86.2 Å². The number of rotatable bonds is 5. The number of benzene rings is 1. The molecule has 0 aliphatic rings. The third kappa shape index (κ3) is 4.81. The fourth-order valence-corrected chi connectivity index (χ4v) is 3.94. The van der Waals surface area contributed by atoms with E-state index in [1.54, 1.807) is 37.4 Å². The summed E-state index contributed by atoms with van der Waals surface area (Å²) in [5.74, 6) is -0.311. The molecule has 3 aromatic rings. The highest BCUT2D eigenvalue weighted by atomic mass is 127. The van der Waals surface area contributed by atoms with E-state index in [1.807, 2.05) is 26.8 Å². The number of carbonyl (C=O) groups is 2. The average Bonchev–Trinajstić information content (AvgIpc) is 3.05. The van der Waals surface area contributed by atoms with Gasteiger partial charge in [-0.15, -0.1) is 0 Å². The first kappa shape index (κ1) is 22.2. The van der Waals surface area contributed by atoms with E-state index in [0.717, 1.165) is 9.13 Å². The third-order valence-electron chi connectivity index (χ3n) is 4.21. The average molecular weight is 538 g/mol. The van der Waals surface area contributed by atoms with Crippen LogP contribution in [0.3, 0.4) is 0 Å². The van der Waals surface area contributed by atoms with Gasteiger partial charge in [0.25, 0.3) is 11.8 Å². The van der Waals surface area contributed by atoms with Gasteiger partial charge in [0.15, 0.2) is 5.82 Å². The Morgan fingerprint density at radius 2 is 1.90 bits per heavy atom. The highest BCUT2D eigenvalue weighted by Crippen LogP contribution is 2.26. The molecule has 30 heavy (non-hydrogen) atoms. The third-order valence-corrected chi connectivity index (χ3v) is 5.12. The van der Waals surface area contributed by atoms with E-state index in [9.17, 15) is 9.59 Å². The number of aromatic nitrogens is 3. The molecule has 0 fully saturated rings. The van der Waals surface area contributed by atoms with Gasteiger partial charge in [-0.2, -0.15) is 5.10 Å². The van der Waals surface area contributed by atoms with Crippen molar-refractivity contribution < 1.29 is 9.59 Å². The lowest BCUT2D eigenvalue weighted by atomic mass is 10.1. The van der Waals surface area contributed by atoms with Crippen LogP contribution in [0.15, 0.2) is 36.5 Å². The largest absolute Gasteiger partial charge is 0.350 e. The molecule has 0 aliphatic carbocycles. The van der Waals surface area contributed by atoms with Crippen molar-refractivity contribution in [3.63, 3.8) is 0 Å². The summed E-state index contributed by atoms with van der Waals surface area (Å²) in [6.07, 6.45) is 1.58. The predicted molar refractivity (Wildman–Crippen MR) is 126 cm³/mol. The Kier molecular flexibility index (Phi) is 6.77. The molecular weight excluding hydrogens is 517 g/mol. The number of carbonyl (C=O) groups excluding carboxylic acids is 2. The first-order valence-electron chi connectivity index (χ1n) is 9.27. The number of halogens is 2. The lowest BCUT2D eigenvalue weighted by molar-refractivity contribution is 0.0944. The number of anilines is 1. The second-order valence-electron chi connectivity index (χ2n) is 7.12. The van der Waals surface area contributed by atoms with Crippen LogP contribution in [0.5, 0.6) is 0 Å². The Balaban J connectivity index is 2.02. The maximum Gasteiger partial charge on any atom is 0.274 e. The van der Waals surface area contributed by atoms with Crippen LogP contribution in [0, 0.1) is 17.4 Å². The molecule has 1 aromatic carbocycles. The molecule has 0 bridgehead atoms. The topological polar surface area (TPSA) is 88.9 Å². The van der Waals surface area contributed by atoms with Crippen molar-refractivity contribution in [2.45, 2.75) is 33.7 Å². The minimum atomic E-state index is -0.416. The van der Waals surface area contributed by atoms with Crippen molar-refractivity contribution >= 4 is 51.7 Å². The molecule has 0 saturated heterocycles. The Bertz CT molecular complexity index is 1130. The van der Waals surface area contributed by atoms with Crippen molar-refractivity contribution in [1.29, 1.82) is 0 Å². The summed E-state index contributed by atoms with van der Waals surface area (Å²) < 4.78 is 2.31. The van der Waals surface area contributed by atoms with Crippen LogP contribution >= 0.6 is 34.2 Å². The molecule has 2 aromatic heterocycles. The lowest BCUT2D eigenvalue weighted by Crippen LogP contribution is -2.31. The summed E-state index contributed by atoms with van der Waals surface area (Å²) in [6.45, 7) is 7.40. The number of hydrogen-bond donors (Lipinski definition) is 2. The van der Waals surface area contributed by atoms with Gasteiger partial charge in [0.1, 0.15) is 5.69 Å². The highest BCUT2D eigenvalue weighted by molar-refractivity contribution is 14.1. The Hall–Kier alpha value is -2.46. The number of nitrogens with zero attached hydrogens (tertiary/aromatic N) is 3. The fourth-order valence-electron chi connectivity index (χ4n) is 2.96. The molecule has 0 aliphatic heterocycles. The maximum absolute atomic E-state index is 13.2.